The van der Waals surface area contributed by atoms with Crippen molar-refractivity contribution in [3.05, 3.63) is 0 Å². The first-order valence-corrected chi connectivity index (χ1v) is 4.34. The van der Waals surface area contributed by atoms with Gasteiger partial charge in [-0.05, 0) is 18.7 Å². The highest BCUT2D eigenvalue weighted by Gasteiger charge is 2.07. The summed E-state index contributed by atoms with van der Waals surface area (Å²) in [4.78, 5) is 10.4. The molecule has 0 aliphatic carbocycles. The van der Waals surface area contributed by atoms with Crippen molar-refractivity contribution < 1.29 is 9.57 Å². The van der Waals surface area contributed by atoms with Crippen LogP contribution in [0.3, 0.4) is 0 Å². The molecule has 0 aliphatic rings. The Morgan fingerprint density at radius 2 is 2.17 bits per heavy atom. The summed E-state index contributed by atoms with van der Waals surface area (Å²) in [7, 11) is 2.38. The fraction of sp³-hybridized carbons (Fsp3) is 0.667. The number of hydrogen-bond donors (Lipinski definition) is 0. The maximum Gasteiger partial charge on any atom is 0.351 e. The zero-order valence-electron chi connectivity index (χ0n) is 7.15. The van der Waals surface area contributed by atoms with Crippen LogP contribution in [0.25, 0.3) is 0 Å². The Morgan fingerprint density at radius 1 is 1.42 bits per heavy atom. The second-order valence-corrected chi connectivity index (χ2v) is 2.49. The molecule has 1 rings (SSSR count). The fourth-order valence-corrected chi connectivity index (χ4v) is 0.937. The van der Waals surface area contributed by atoms with E-state index < -0.39 is 0 Å². The Balaban J connectivity index is 2.76. The van der Waals surface area contributed by atoms with Gasteiger partial charge in [0.15, 0.2) is 5.57 Å². The van der Waals surface area contributed by atoms with E-state index in [-0.39, 0.29) is 0 Å². The third-order valence-electron chi connectivity index (χ3n) is 1.09. The predicted molar refractivity (Wildman–Crippen MR) is 47.7 cm³/mol. The lowest BCUT2D eigenvalue weighted by molar-refractivity contribution is 0.0671. The Morgan fingerprint density at radius 3 is 2.75 bits per heavy atom. The summed E-state index contributed by atoms with van der Waals surface area (Å²) < 4.78 is 5.16. The van der Waals surface area contributed by atoms with Crippen molar-refractivity contribution in [1.29, 1.82) is 0 Å². The van der Waals surface area contributed by atoms with Gasteiger partial charge in [0.25, 0.3) is 0 Å². The van der Waals surface area contributed by atoms with Crippen LogP contribution in [-0.4, -0.2) is 28.1 Å². The van der Waals surface area contributed by atoms with Gasteiger partial charge in [0.2, 0.25) is 0 Å². The van der Waals surface area contributed by atoms with Gasteiger partial charge < -0.3 is 9.57 Å². The SMILES string of the molecule is CCOc1nc(P)nn1OCC. The molecule has 1 heterocycles. The van der Waals surface area contributed by atoms with E-state index in [9.17, 15) is 0 Å². The van der Waals surface area contributed by atoms with E-state index in [0.29, 0.717) is 24.8 Å². The van der Waals surface area contributed by atoms with Gasteiger partial charge in [-0.2, -0.15) is 4.98 Å². The van der Waals surface area contributed by atoms with Crippen molar-refractivity contribution in [2.24, 2.45) is 0 Å². The molecule has 0 amide bonds. The third kappa shape index (κ3) is 2.08. The lowest BCUT2D eigenvalue weighted by Crippen LogP contribution is -2.15. The molecular weight excluding hydrogens is 177 g/mol. The summed E-state index contributed by atoms with van der Waals surface area (Å²) in [6.45, 7) is 4.84. The van der Waals surface area contributed by atoms with Crippen LogP contribution < -0.4 is 15.1 Å². The van der Waals surface area contributed by atoms with Crippen molar-refractivity contribution in [2.75, 3.05) is 13.2 Å². The Kier molecular flexibility index (Phi) is 3.29. The monoisotopic (exact) mass is 189 g/mol. The molecule has 5 nitrogen and oxygen atoms in total. The molecule has 6 heteroatoms. The fourth-order valence-electron chi connectivity index (χ4n) is 0.722. The van der Waals surface area contributed by atoms with Crippen LogP contribution in [0.15, 0.2) is 0 Å². The van der Waals surface area contributed by atoms with Gasteiger partial charge in [-0.25, -0.2) is 0 Å². The van der Waals surface area contributed by atoms with Crippen LogP contribution in [0.2, 0.25) is 0 Å². The first-order chi connectivity index (χ1) is 5.77. The highest BCUT2D eigenvalue weighted by atomic mass is 31.0. The molecule has 68 valence electrons. The van der Waals surface area contributed by atoms with E-state index in [0.717, 1.165) is 0 Å². The molecule has 0 radical (unpaired) electrons. The Hall–Kier alpha value is -0.830. The number of nitrogens with zero attached hydrogens (tertiary/aromatic N) is 3. The molecule has 0 N–H and O–H groups in total. The zero-order chi connectivity index (χ0) is 8.97. The largest absolute Gasteiger partial charge is 0.462 e. The van der Waals surface area contributed by atoms with Gasteiger partial charge in [-0.15, -0.1) is 5.10 Å². The molecule has 1 aromatic heterocycles. The maximum atomic E-state index is 5.16. The average molecular weight is 189 g/mol. The number of ether oxygens (including phenoxy) is 1. The normalized spacial score (nSPS) is 9.92. The molecule has 1 aromatic rings. The van der Waals surface area contributed by atoms with Gasteiger partial charge in [-0.3, -0.25) is 0 Å². The standard InChI is InChI=1S/C6H12N3O2P/c1-3-10-6-7-5(12)8-9(6)11-4-2/h3-4,12H2,1-2H3. The smallest absolute Gasteiger partial charge is 0.351 e. The summed E-state index contributed by atoms with van der Waals surface area (Å²) >= 11 is 0. The zero-order valence-corrected chi connectivity index (χ0v) is 8.30. The molecule has 0 saturated heterocycles. The van der Waals surface area contributed by atoms with Crippen LogP contribution in [0.5, 0.6) is 6.01 Å². The quantitative estimate of drug-likeness (QED) is 0.606. The topological polar surface area (TPSA) is 49.2 Å². The number of aromatic nitrogens is 3. The van der Waals surface area contributed by atoms with Crippen LogP contribution in [0.1, 0.15) is 13.8 Å². The Bertz CT molecular complexity index is 227. The summed E-state index contributed by atoms with van der Waals surface area (Å²) in [6, 6.07) is 0.393. The van der Waals surface area contributed by atoms with Gasteiger partial charge in [-0.1, -0.05) is 9.24 Å². The predicted octanol–water partition coefficient (Wildman–Crippen LogP) is -0.374. The van der Waals surface area contributed by atoms with Crippen LogP contribution >= 0.6 is 9.24 Å². The van der Waals surface area contributed by atoms with Crippen molar-refractivity contribution >= 4 is 14.8 Å². The average Bonchev–Trinajstić information content (AvgIpc) is 2.33. The molecule has 0 aliphatic heterocycles. The molecule has 0 fully saturated rings. The highest BCUT2D eigenvalue weighted by Crippen LogP contribution is 2.01. The van der Waals surface area contributed by atoms with Crippen LogP contribution in [-0.2, 0) is 0 Å². The van der Waals surface area contributed by atoms with E-state index in [1.807, 2.05) is 13.8 Å². The maximum absolute atomic E-state index is 5.16. The molecule has 0 saturated carbocycles. The van der Waals surface area contributed by atoms with E-state index in [1.54, 1.807) is 0 Å². The first kappa shape index (κ1) is 9.26. The van der Waals surface area contributed by atoms with E-state index in [1.165, 1.54) is 4.85 Å². The minimum absolute atomic E-state index is 0.393. The highest BCUT2D eigenvalue weighted by molar-refractivity contribution is 7.26. The van der Waals surface area contributed by atoms with E-state index in [2.05, 4.69) is 19.3 Å². The van der Waals surface area contributed by atoms with E-state index >= 15 is 0 Å². The Labute approximate surface area is 73.2 Å². The lowest BCUT2D eigenvalue weighted by atomic mass is 10.9. The number of rotatable bonds is 4. The summed E-state index contributed by atoms with van der Waals surface area (Å²) in [5.41, 5.74) is 0.562. The molecule has 1 atom stereocenters. The van der Waals surface area contributed by atoms with Crippen molar-refractivity contribution in [1.82, 2.24) is 14.9 Å². The molecule has 0 spiro atoms. The first-order valence-electron chi connectivity index (χ1n) is 3.76. The number of hydrogen-bond acceptors (Lipinski definition) is 4. The second kappa shape index (κ2) is 4.26. The van der Waals surface area contributed by atoms with Crippen LogP contribution in [0, 0.1) is 0 Å². The molecule has 0 bridgehead atoms. The van der Waals surface area contributed by atoms with Gasteiger partial charge in [0.1, 0.15) is 6.61 Å². The van der Waals surface area contributed by atoms with E-state index in [4.69, 9.17) is 9.57 Å². The van der Waals surface area contributed by atoms with Gasteiger partial charge in [0, 0.05) is 0 Å². The lowest BCUT2D eigenvalue weighted by Gasteiger charge is -2.03. The third-order valence-corrected chi connectivity index (χ3v) is 1.34. The summed E-state index contributed by atoms with van der Waals surface area (Å²) in [6.07, 6.45) is 0. The van der Waals surface area contributed by atoms with Crippen molar-refractivity contribution in [3.63, 3.8) is 0 Å². The molecule has 12 heavy (non-hydrogen) atoms. The minimum atomic E-state index is 0.393. The van der Waals surface area contributed by atoms with Crippen LogP contribution in [0.4, 0.5) is 0 Å². The van der Waals surface area contributed by atoms with Gasteiger partial charge in [0.05, 0.1) is 6.61 Å². The van der Waals surface area contributed by atoms with Crippen molar-refractivity contribution in [2.45, 2.75) is 13.8 Å². The molecule has 0 aromatic carbocycles. The second-order valence-electron chi connectivity index (χ2n) is 1.98. The minimum Gasteiger partial charge on any atom is -0.462 e. The van der Waals surface area contributed by atoms with Crippen molar-refractivity contribution in [3.8, 4) is 6.01 Å². The van der Waals surface area contributed by atoms with Gasteiger partial charge >= 0.3 is 6.01 Å². The molecule has 1 unspecified atom stereocenters. The summed E-state index contributed by atoms with van der Waals surface area (Å²) in [5, 5.41) is 3.94. The summed E-state index contributed by atoms with van der Waals surface area (Å²) in [5.74, 6) is 0. The molecular formula is C6H12N3O2P.